The number of imide groups is 1. The number of rotatable bonds is 6. The molecule has 3 heterocycles. The van der Waals surface area contributed by atoms with Crippen LogP contribution in [0.2, 0.25) is 0 Å². The monoisotopic (exact) mass is 481 g/mol. The number of hydrogen-bond acceptors (Lipinski definition) is 8. The number of ether oxygens (including phenoxy) is 2. The first-order chi connectivity index (χ1) is 16.8. The number of carbonyl (C=O) groups excluding carboxylic acids is 3. The number of nitrogens with one attached hydrogen (secondary N) is 1. The molecule has 2 aromatic carbocycles. The lowest BCUT2D eigenvalue weighted by Crippen LogP contribution is -2.52. The molecule has 3 aliphatic heterocycles. The smallest absolute Gasteiger partial charge is 0.351 e. The Kier molecular flexibility index (Phi) is 6.28. The molecule has 0 radical (unpaired) electrons. The molecule has 184 valence electrons. The van der Waals surface area contributed by atoms with Crippen molar-refractivity contribution in [3.8, 4) is 5.75 Å². The number of aliphatic hydroxyl groups is 2. The zero-order valence-corrected chi connectivity index (χ0v) is 19.1. The number of morpholine rings is 1. The van der Waals surface area contributed by atoms with E-state index in [1.165, 1.54) is 4.90 Å². The van der Waals surface area contributed by atoms with Crippen LogP contribution in [-0.2, 0) is 33.4 Å². The van der Waals surface area contributed by atoms with Gasteiger partial charge in [-0.2, -0.15) is 0 Å². The van der Waals surface area contributed by atoms with E-state index < -0.39 is 17.9 Å². The average Bonchev–Trinajstić information content (AvgIpc) is 3.17. The second-order valence-corrected chi connectivity index (χ2v) is 8.98. The van der Waals surface area contributed by atoms with Gasteiger partial charge in [-0.05, 0) is 36.2 Å². The molecule has 35 heavy (non-hydrogen) atoms. The molecule has 3 aliphatic rings. The van der Waals surface area contributed by atoms with Gasteiger partial charge in [-0.25, -0.2) is 0 Å². The molecule has 0 aromatic heterocycles. The molecule has 2 aromatic rings. The molecule has 1 atom stereocenters. The quantitative estimate of drug-likeness (QED) is 0.401. The molecule has 0 bridgehead atoms. The van der Waals surface area contributed by atoms with Crippen molar-refractivity contribution in [3.63, 3.8) is 0 Å². The highest BCUT2D eigenvalue weighted by Crippen LogP contribution is 2.36. The van der Waals surface area contributed by atoms with Gasteiger partial charge in [0.05, 0.1) is 25.3 Å². The third-order valence-electron chi connectivity index (χ3n) is 6.63. The maximum atomic E-state index is 13.0. The summed E-state index contributed by atoms with van der Waals surface area (Å²) >= 11 is 0. The Balaban J connectivity index is 1.31. The first-order valence-corrected chi connectivity index (χ1v) is 11.6. The predicted octanol–water partition coefficient (Wildman–Crippen LogP) is 0.454. The molecule has 10 nitrogen and oxygen atoms in total. The molecule has 0 aliphatic carbocycles. The summed E-state index contributed by atoms with van der Waals surface area (Å²) in [5.74, 6) is -3.74. The van der Waals surface area contributed by atoms with Crippen molar-refractivity contribution in [2.24, 2.45) is 0 Å². The molecule has 3 N–H and O–H groups in total. The minimum atomic E-state index is -2.63. The van der Waals surface area contributed by atoms with Gasteiger partial charge >= 0.3 is 5.97 Å². The van der Waals surface area contributed by atoms with Crippen molar-refractivity contribution in [3.05, 3.63) is 64.7 Å². The van der Waals surface area contributed by atoms with Gasteiger partial charge in [0.25, 0.3) is 5.91 Å². The van der Waals surface area contributed by atoms with E-state index in [2.05, 4.69) is 10.2 Å². The Hall–Kier alpha value is -3.31. The summed E-state index contributed by atoms with van der Waals surface area (Å²) in [6.07, 6.45) is 0.388. The fourth-order valence-corrected chi connectivity index (χ4v) is 4.71. The van der Waals surface area contributed by atoms with Crippen LogP contribution in [0.1, 0.15) is 39.9 Å². The van der Waals surface area contributed by atoms with Crippen molar-refractivity contribution >= 4 is 17.7 Å². The molecule has 2 saturated heterocycles. The summed E-state index contributed by atoms with van der Waals surface area (Å²) in [6, 6.07) is 10.8. The second-order valence-electron chi connectivity index (χ2n) is 8.98. The lowest BCUT2D eigenvalue weighted by Gasteiger charge is -2.29. The largest absolute Gasteiger partial charge is 0.435 e. The highest BCUT2D eigenvalue weighted by Gasteiger charge is 2.41. The van der Waals surface area contributed by atoms with Crippen LogP contribution in [0.3, 0.4) is 0 Å². The normalized spacial score (nSPS) is 21.1. The predicted molar refractivity (Wildman–Crippen MR) is 122 cm³/mol. The third kappa shape index (κ3) is 4.78. The maximum absolute atomic E-state index is 13.0. The molecular weight excluding hydrogens is 454 g/mol. The van der Waals surface area contributed by atoms with Crippen LogP contribution >= 0.6 is 0 Å². The van der Waals surface area contributed by atoms with Gasteiger partial charge < -0.3 is 24.6 Å². The average molecular weight is 482 g/mol. The van der Waals surface area contributed by atoms with Gasteiger partial charge in [-0.1, -0.05) is 18.2 Å². The van der Waals surface area contributed by atoms with E-state index in [4.69, 9.17) is 9.47 Å². The minimum Gasteiger partial charge on any atom is -0.435 e. The highest BCUT2D eigenvalue weighted by atomic mass is 16.8. The van der Waals surface area contributed by atoms with Gasteiger partial charge in [0.15, 0.2) is 0 Å². The van der Waals surface area contributed by atoms with E-state index in [1.54, 1.807) is 30.3 Å². The molecule has 0 spiro atoms. The lowest BCUT2D eigenvalue weighted by molar-refractivity contribution is -0.304. The van der Waals surface area contributed by atoms with Crippen LogP contribution < -0.4 is 10.1 Å². The van der Waals surface area contributed by atoms with Gasteiger partial charge in [0.2, 0.25) is 11.8 Å². The number of nitrogens with zero attached hydrogens (tertiary/aromatic N) is 2. The van der Waals surface area contributed by atoms with Crippen LogP contribution in [0.15, 0.2) is 42.5 Å². The van der Waals surface area contributed by atoms with Gasteiger partial charge in [-0.15, -0.1) is 0 Å². The zero-order valence-electron chi connectivity index (χ0n) is 19.1. The van der Waals surface area contributed by atoms with Gasteiger partial charge in [0, 0.05) is 37.2 Å². The van der Waals surface area contributed by atoms with E-state index in [0.717, 1.165) is 25.2 Å². The van der Waals surface area contributed by atoms with Gasteiger partial charge in [0.1, 0.15) is 11.8 Å². The summed E-state index contributed by atoms with van der Waals surface area (Å²) in [5.41, 5.74) is 1.95. The number of hydrogen-bond donors (Lipinski definition) is 3. The maximum Gasteiger partial charge on any atom is 0.351 e. The van der Waals surface area contributed by atoms with E-state index in [1.807, 2.05) is 12.1 Å². The number of carbonyl (C=O) groups is 3. The van der Waals surface area contributed by atoms with E-state index in [9.17, 15) is 24.6 Å². The number of fused-ring (bicyclic) bond motifs is 1. The highest BCUT2D eigenvalue weighted by molar-refractivity contribution is 6.05. The van der Waals surface area contributed by atoms with Crippen LogP contribution in [0.4, 0.5) is 0 Å². The Labute approximate surface area is 202 Å². The summed E-state index contributed by atoms with van der Waals surface area (Å²) in [5, 5.41) is 23.7. The van der Waals surface area contributed by atoms with Crippen molar-refractivity contribution in [2.45, 2.75) is 37.9 Å². The van der Waals surface area contributed by atoms with E-state index in [0.29, 0.717) is 24.3 Å². The first kappa shape index (κ1) is 23.4. The summed E-state index contributed by atoms with van der Waals surface area (Å²) < 4.78 is 11.0. The summed E-state index contributed by atoms with van der Waals surface area (Å²) in [7, 11) is 0. The Morgan fingerprint density at radius 3 is 2.51 bits per heavy atom. The van der Waals surface area contributed by atoms with E-state index in [-0.39, 0.29) is 42.5 Å². The van der Waals surface area contributed by atoms with Gasteiger partial charge in [-0.3, -0.25) is 24.6 Å². The van der Waals surface area contributed by atoms with Crippen molar-refractivity contribution < 1.29 is 34.1 Å². The van der Waals surface area contributed by atoms with Crippen LogP contribution in [0, 0.1) is 0 Å². The first-order valence-electron chi connectivity index (χ1n) is 11.6. The van der Waals surface area contributed by atoms with Crippen LogP contribution in [0.5, 0.6) is 5.75 Å². The number of benzene rings is 2. The van der Waals surface area contributed by atoms with Crippen molar-refractivity contribution in [1.82, 2.24) is 15.1 Å². The zero-order chi connectivity index (χ0) is 24.6. The Morgan fingerprint density at radius 2 is 1.80 bits per heavy atom. The summed E-state index contributed by atoms with van der Waals surface area (Å²) in [6.45, 7) is 3.90. The SMILES string of the molecule is O=C1CCC(N2Cc3c(OC(O)(O)c4ccc(CN5CCOCC5)cc4)cccc3C2=O)C(=O)N1. The fourth-order valence-electron chi connectivity index (χ4n) is 4.71. The second kappa shape index (κ2) is 9.38. The molecule has 0 saturated carbocycles. The molecule has 1 unspecified atom stereocenters. The Bertz CT molecular complexity index is 1140. The van der Waals surface area contributed by atoms with Crippen molar-refractivity contribution in [1.29, 1.82) is 0 Å². The molecule has 2 fully saturated rings. The number of piperidine rings is 1. The third-order valence-corrected chi connectivity index (χ3v) is 6.63. The molecular formula is C25H27N3O7. The molecule has 3 amide bonds. The van der Waals surface area contributed by atoms with Crippen molar-refractivity contribution in [2.75, 3.05) is 26.3 Å². The number of amides is 3. The molecule has 10 heteroatoms. The topological polar surface area (TPSA) is 129 Å². The van der Waals surface area contributed by atoms with Crippen LogP contribution in [0.25, 0.3) is 0 Å². The Morgan fingerprint density at radius 1 is 1.06 bits per heavy atom. The summed E-state index contributed by atoms with van der Waals surface area (Å²) in [4.78, 5) is 40.4. The fraction of sp³-hybridized carbons (Fsp3) is 0.400. The standard InChI is InChI=1S/C25H27N3O7/c29-22-9-8-20(23(30)26-22)28-15-19-18(24(28)31)2-1-3-21(19)35-25(32,33)17-6-4-16(5-7-17)14-27-10-12-34-13-11-27/h1-7,20,32-33H,8-15H2,(H,26,29,30). The minimum absolute atomic E-state index is 0.0607. The van der Waals surface area contributed by atoms with Crippen LogP contribution in [-0.4, -0.2) is 70.1 Å². The van der Waals surface area contributed by atoms with E-state index >= 15 is 0 Å². The lowest BCUT2D eigenvalue weighted by atomic mass is 10.0. The molecule has 5 rings (SSSR count).